The van der Waals surface area contributed by atoms with E-state index in [0.717, 1.165) is 0 Å². The largest absolute Gasteiger partial charge is 0.510 e. The number of amides is 1. The predicted octanol–water partition coefficient (Wildman–Crippen LogP) is 0.651. The van der Waals surface area contributed by atoms with Crippen LogP contribution in [0.4, 0.5) is 0 Å². The summed E-state index contributed by atoms with van der Waals surface area (Å²) in [4.78, 5) is 33.8. The zero-order chi connectivity index (χ0) is 28.6. The Bertz CT molecular complexity index is 1350. The number of hydroxylamine groups is 2. The standard InChI is InChI=1S/C27H34N4O8/c1-4-26(37)20(25(29)36)23(34)21(30(2)3)15-10-13-9-14-12(11-31-17(28)7-8-39-31)5-6-16(32)19(14)22(33)18(13)24(35)27(15,26)38/h5-6,13,15,21,28,32-34,37-38H,4,7-11H2,1-3H3,(H2,29,36)/t13-,15-,21-,26-,27-/m0/s1. The molecule has 0 spiro atoms. The summed E-state index contributed by atoms with van der Waals surface area (Å²) >= 11 is 0. The Hall–Kier alpha value is -3.45. The molecule has 1 aromatic rings. The Balaban J connectivity index is 1.70. The third-order valence-electron chi connectivity index (χ3n) is 8.88. The number of likely N-dealkylation sites (N-methyl/N-ethyl adjacent to an activating group) is 1. The first-order valence-corrected chi connectivity index (χ1v) is 12.9. The molecule has 210 valence electrons. The van der Waals surface area contributed by atoms with Crippen LogP contribution in [0.2, 0.25) is 0 Å². The molecule has 1 heterocycles. The molecule has 1 saturated carbocycles. The van der Waals surface area contributed by atoms with Crippen LogP contribution in [0.5, 0.6) is 5.75 Å². The molecule has 5 rings (SSSR count). The first-order chi connectivity index (χ1) is 18.3. The summed E-state index contributed by atoms with van der Waals surface area (Å²) in [5, 5.41) is 66.8. The first kappa shape index (κ1) is 27.1. The van der Waals surface area contributed by atoms with Crippen molar-refractivity contribution in [2.45, 2.75) is 56.4 Å². The molecule has 39 heavy (non-hydrogen) atoms. The van der Waals surface area contributed by atoms with Gasteiger partial charge in [-0.25, -0.2) is 5.06 Å². The third kappa shape index (κ3) is 3.55. The summed E-state index contributed by atoms with van der Waals surface area (Å²) in [6.07, 6.45) is 0.410. The number of aromatic hydroxyl groups is 1. The van der Waals surface area contributed by atoms with E-state index >= 15 is 0 Å². The number of aliphatic hydroxyl groups excluding tert-OH is 2. The van der Waals surface area contributed by atoms with Crippen LogP contribution in [0.3, 0.4) is 0 Å². The Morgan fingerprint density at radius 1 is 1.26 bits per heavy atom. The van der Waals surface area contributed by atoms with Gasteiger partial charge in [0, 0.05) is 17.9 Å². The first-order valence-electron chi connectivity index (χ1n) is 12.9. The van der Waals surface area contributed by atoms with Gasteiger partial charge in [0.2, 0.25) is 0 Å². The van der Waals surface area contributed by atoms with E-state index < -0.39 is 57.9 Å². The minimum Gasteiger partial charge on any atom is -0.510 e. The van der Waals surface area contributed by atoms with Crippen LogP contribution in [0, 0.1) is 17.2 Å². The fourth-order valence-electron chi connectivity index (χ4n) is 7.07. The number of carbonyl (C=O) groups excluding carboxylic acids is 2. The van der Waals surface area contributed by atoms with Gasteiger partial charge in [-0.15, -0.1) is 0 Å². The van der Waals surface area contributed by atoms with E-state index in [1.54, 1.807) is 25.1 Å². The van der Waals surface area contributed by atoms with Gasteiger partial charge in [0.05, 0.1) is 30.3 Å². The molecule has 0 aromatic heterocycles. The number of fused-ring (bicyclic) bond motifs is 3. The maximum absolute atomic E-state index is 14.2. The molecule has 1 saturated heterocycles. The molecular formula is C27H34N4O8. The van der Waals surface area contributed by atoms with Crippen molar-refractivity contribution >= 4 is 23.3 Å². The van der Waals surface area contributed by atoms with E-state index in [1.165, 1.54) is 18.1 Å². The molecule has 1 aromatic carbocycles. The van der Waals surface area contributed by atoms with Crippen molar-refractivity contribution in [1.82, 2.24) is 9.96 Å². The van der Waals surface area contributed by atoms with E-state index in [1.807, 2.05) is 0 Å². The summed E-state index contributed by atoms with van der Waals surface area (Å²) < 4.78 is 0. The molecule has 0 bridgehead atoms. The van der Waals surface area contributed by atoms with Crippen molar-refractivity contribution in [2.75, 3.05) is 20.7 Å². The maximum atomic E-state index is 14.2. The number of nitrogens with zero attached hydrogens (tertiary/aromatic N) is 2. The number of phenolic OH excluding ortho intramolecular Hbond substituents is 1. The number of nitrogens with one attached hydrogen (secondary N) is 1. The van der Waals surface area contributed by atoms with Crippen molar-refractivity contribution in [3.05, 3.63) is 45.7 Å². The second kappa shape index (κ2) is 9.05. The van der Waals surface area contributed by atoms with Gasteiger partial charge in [-0.1, -0.05) is 13.0 Å². The number of Topliss-reactive ketones (excluding diaryl/α,β-unsaturated/α-hetero) is 1. The monoisotopic (exact) mass is 542 g/mol. The van der Waals surface area contributed by atoms with Gasteiger partial charge in [-0.05, 0) is 56.5 Å². The van der Waals surface area contributed by atoms with E-state index in [-0.39, 0.29) is 42.7 Å². The lowest BCUT2D eigenvalue weighted by molar-refractivity contribution is -0.199. The summed E-state index contributed by atoms with van der Waals surface area (Å²) in [5.74, 6) is -4.85. The highest BCUT2D eigenvalue weighted by molar-refractivity contribution is 6.12. The SMILES string of the molecule is CC[C@]1(O)C(C(N)=O)=C(O)[C@@H](N(C)C)[C@@H]2C[C@@H]3Cc4c(CN5OCCC5=N)ccc(O)c4C(O)=C3C(=O)[C@@]21O. The smallest absolute Gasteiger partial charge is 0.251 e. The molecule has 3 aliphatic carbocycles. The highest BCUT2D eigenvalue weighted by Crippen LogP contribution is 2.57. The van der Waals surface area contributed by atoms with Crippen molar-refractivity contribution in [3.8, 4) is 5.75 Å². The van der Waals surface area contributed by atoms with Gasteiger partial charge in [0.1, 0.15) is 28.7 Å². The third-order valence-corrected chi connectivity index (χ3v) is 8.88. The lowest BCUT2D eigenvalue weighted by Crippen LogP contribution is -2.74. The number of ketones is 1. The molecule has 12 nitrogen and oxygen atoms in total. The number of primary amides is 1. The molecule has 1 aliphatic heterocycles. The van der Waals surface area contributed by atoms with Crippen LogP contribution < -0.4 is 5.73 Å². The van der Waals surface area contributed by atoms with Gasteiger partial charge < -0.3 is 31.3 Å². The minimum atomic E-state index is -2.60. The molecular weight excluding hydrogens is 508 g/mol. The van der Waals surface area contributed by atoms with E-state index in [9.17, 15) is 35.1 Å². The zero-order valence-electron chi connectivity index (χ0n) is 22.1. The quantitative estimate of drug-likeness (QED) is 0.277. The number of hydrogen-bond acceptors (Lipinski definition) is 10. The molecule has 0 unspecified atom stereocenters. The predicted molar refractivity (Wildman–Crippen MR) is 138 cm³/mol. The molecule has 1 amide bonds. The second-order valence-electron chi connectivity index (χ2n) is 11.0. The van der Waals surface area contributed by atoms with E-state index in [2.05, 4.69) is 0 Å². The van der Waals surface area contributed by atoms with Crippen LogP contribution >= 0.6 is 0 Å². The van der Waals surface area contributed by atoms with Crippen molar-refractivity contribution in [1.29, 1.82) is 5.41 Å². The summed E-state index contributed by atoms with van der Waals surface area (Å²) in [6, 6.07) is 2.03. The number of rotatable bonds is 5. The highest BCUT2D eigenvalue weighted by Gasteiger charge is 2.70. The molecule has 5 atom stereocenters. The van der Waals surface area contributed by atoms with Crippen molar-refractivity contribution in [3.63, 3.8) is 0 Å². The van der Waals surface area contributed by atoms with Crippen LogP contribution in [-0.4, -0.2) is 91.0 Å². The van der Waals surface area contributed by atoms with Crippen LogP contribution in [0.1, 0.15) is 42.9 Å². The summed E-state index contributed by atoms with van der Waals surface area (Å²) in [7, 11) is 3.22. The van der Waals surface area contributed by atoms with Gasteiger partial charge in [-0.2, -0.15) is 0 Å². The average molecular weight is 543 g/mol. The van der Waals surface area contributed by atoms with Gasteiger partial charge >= 0.3 is 0 Å². The topological polar surface area (TPSA) is 201 Å². The number of benzene rings is 1. The Kier molecular flexibility index (Phi) is 6.30. The summed E-state index contributed by atoms with van der Waals surface area (Å²) in [5.41, 5.74) is 0.929. The average Bonchev–Trinajstić information content (AvgIpc) is 3.26. The highest BCUT2D eigenvalue weighted by atomic mass is 16.7. The maximum Gasteiger partial charge on any atom is 0.251 e. The number of aliphatic hydroxyl groups is 4. The number of amidine groups is 1. The van der Waals surface area contributed by atoms with Gasteiger partial charge in [-0.3, -0.25) is 24.7 Å². The Morgan fingerprint density at radius 3 is 2.51 bits per heavy atom. The van der Waals surface area contributed by atoms with Gasteiger partial charge in [0.25, 0.3) is 5.91 Å². The molecule has 2 fully saturated rings. The summed E-state index contributed by atoms with van der Waals surface area (Å²) in [6.45, 7) is 2.03. The molecule has 8 N–H and O–H groups in total. The molecule has 12 heteroatoms. The van der Waals surface area contributed by atoms with Crippen molar-refractivity contribution < 1.29 is 40.0 Å². The van der Waals surface area contributed by atoms with E-state index in [4.69, 9.17) is 16.0 Å². The zero-order valence-corrected chi connectivity index (χ0v) is 22.1. The number of phenols is 1. The fraction of sp³-hybridized carbons (Fsp3) is 0.519. The van der Waals surface area contributed by atoms with Crippen LogP contribution in [0.25, 0.3) is 5.76 Å². The number of hydrogen-bond donors (Lipinski definition) is 7. The fourth-order valence-corrected chi connectivity index (χ4v) is 7.07. The molecule has 4 aliphatic rings. The van der Waals surface area contributed by atoms with Crippen molar-refractivity contribution in [2.24, 2.45) is 17.6 Å². The van der Waals surface area contributed by atoms with E-state index in [0.29, 0.717) is 30.0 Å². The normalized spacial score (nSPS) is 32.5. The van der Waals surface area contributed by atoms with Gasteiger partial charge in [0.15, 0.2) is 11.4 Å². The second-order valence-corrected chi connectivity index (χ2v) is 11.0. The molecule has 0 radical (unpaired) electrons. The Morgan fingerprint density at radius 2 is 1.95 bits per heavy atom. The number of carbonyl (C=O) groups is 2. The number of nitrogens with two attached hydrogens (primary N) is 1. The van der Waals surface area contributed by atoms with Crippen LogP contribution in [0.15, 0.2) is 29.0 Å². The lowest BCUT2D eigenvalue weighted by Gasteiger charge is -2.57. The minimum absolute atomic E-state index is 0.0356. The van der Waals surface area contributed by atoms with Crippen LogP contribution in [-0.2, 0) is 27.4 Å². The lowest BCUT2D eigenvalue weighted by atomic mass is 9.51. The Labute approximate surface area is 225 Å².